The molecule has 3 nitrogen and oxygen atoms in total. The van der Waals surface area contributed by atoms with Gasteiger partial charge in [-0.25, -0.2) is 9.97 Å². The van der Waals surface area contributed by atoms with Crippen molar-refractivity contribution in [3.05, 3.63) is 200 Å². The number of benzene rings is 8. The second-order valence-corrected chi connectivity index (χ2v) is 19.6. The van der Waals surface area contributed by atoms with Gasteiger partial charge in [0.05, 0.1) is 27.1 Å². The zero-order chi connectivity index (χ0) is 37.5. The number of fused-ring (bicyclic) bond motifs is 10. The quantitative estimate of drug-likeness (QED) is 0.164. The molecule has 0 spiro atoms. The Kier molecular flexibility index (Phi) is 7.12. The standard InChI is InChI=1S/C52H33N3SSi/c1-4-16-35(17-5-1)52-53-47(51-48(54-52)43-24-12-15-27-46(43)57(51,37-18-6-2-7-19-37)38-20-8-3-9-21-38)34-28-30-36(31-29-34)55-44-25-13-10-22-39(44)41-32-33-42-40-23-11-14-26-45(40)56-50(42)49(41)55/h1-33H. The van der Waals surface area contributed by atoms with Crippen LogP contribution >= 0.6 is 11.3 Å². The highest BCUT2D eigenvalue weighted by Crippen LogP contribution is 2.43. The summed E-state index contributed by atoms with van der Waals surface area (Å²) in [4.78, 5) is 11.1. The highest BCUT2D eigenvalue weighted by atomic mass is 32.1. The Hall–Kier alpha value is -6.92. The SMILES string of the molecule is c1ccc(-c2nc(-c3ccc(-n4c5ccccc5c5ccc6c7ccccc7sc6c54)cc3)c3c(n2)-c2ccccc2[Si]3(c2ccccc2)c2ccccc2)cc1. The molecular weight excluding hydrogens is 727 g/mol. The van der Waals surface area contributed by atoms with Crippen LogP contribution in [0, 0.1) is 0 Å². The van der Waals surface area contributed by atoms with Gasteiger partial charge in [0.2, 0.25) is 0 Å². The Morgan fingerprint density at radius 1 is 0.439 bits per heavy atom. The first-order valence-electron chi connectivity index (χ1n) is 19.4. The summed E-state index contributed by atoms with van der Waals surface area (Å²) in [6, 6.07) is 73.0. The molecule has 0 radical (unpaired) electrons. The average molecular weight is 760 g/mol. The minimum Gasteiger partial charge on any atom is -0.308 e. The Labute approximate surface area is 334 Å². The fraction of sp³-hybridized carbons (Fsp3) is 0. The molecular formula is C52H33N3SSi. The van der Waals surface area contributed by atoms with Crippen LogP contribution in [0.1, 0.15) is 0 Å². The van der Waals surface area contributed by atoms with Crippen LogP contribution in [0.15, 0.2) is 200 Å². The van der Waals surface area contributed by atoms with Gasteiger partial charge >= 0.3 is 0 Å². The molecule has 8 aromatic carbocycles. The predicted molar refractivity (Wildman–Crippen MR) is 243 cm³/mol. The van der Waals surface area contributed by atoms with E-state index in [1.165, 1.54) is 68.3 Å². The summed E-state index contributed by atoms with van der Waals surface area (Å²) < 4.78 is 5.09. The number of para-hydroxylation sites is 1. The predicted octanol–water partition coefficient (Wildman–Crippen LogP) is 10.6. The molecule has 5 heteroatoms. The van der Waals surface area contributed by atoms with Crippen molar-refractivity contribution >= 4 is 82.1 Å². The fourth-order valence-electron chi connectivity index (χ4n) is 9.50. The lowest BCUT2D eigenvalue weighted by molar-refractivity contribution is 1.18. The topological polar surface area (TPSA) is 30.7 Å². The van der Waals surface area contributed by atoms with Gasteiger partial charge in [-0.3, -0.25) is 0 Å². The van der Waals surface area contributed by atoms with Crippen LogP contribution in [-0.2, 0) is 0 Å². The molecule has 0 saturated heterocycles. The summed E-state index contributed by atoms with van der Waals surface area (Å²) in [5.74, 6) is 0.740. The molecule has 266 valence electrons. The second kappa shape index (κ2) is 12.5. The van der Waals surface area contributed by atoms with Crippen molar-refractivity contribution in [3.63, 3.8) is 0 Å². The van der Waals surface area contributed by atoms with Crippen molar-refractivity contribution in [3.8, 4) is 39.6 Å². The monoisotopic (exact) mass is 759 g/mol. The highest BCUT2D eigenvalue weighted by molar-refractivity contribution is 7.26. The van der Waals surface area contributed by atoms with Crippen molar-refractivity contribution in [2.75, 3.05) is 0 Å². The molecule has 0 saturated carbocycles. The molecule has 11 aromatic rings. The maximum atomic E-state index is 5.59. The first-order valence-corrected chi connectivity index (χ1v) is 22.2. The van der Waals surface area contributed by atoms with E-state index >= 15 is 0 Å². The molecule has 4 heterocycles. The lowest BCUT2D eigenvalue weighted by Crippen LogP contribution is -2.73. The van der Waals surface area contributed by atoms with Gasteiger partial charge in [0.1, 0.15) is 0 Å². The van der Waals surface area contributed by atoms with E-state index in [1.807, 2.05) is 11.3 Å². The van der Waals surface area contributed by atoms with E-state index in [4.69, 9.17) is 9.97 Å². The van der Waals surface area contributed by atoms with Crippen LogP contribution in [0.5, 0.6) is 0 Å². The molecule has 0 fully saturated rings. The molecule has 0 aliphatic carbocycles. The van der Waals surface area contributed by atoms with Crippen molar-refractivity contribution < 1.29 is 0 Å². The highest BCUT2D eigenvalue weighted by Gasteiger charge is 2.51. The number of hydrogen-bond acceptors (Lipinski definition) is 3. The lowest BCUT2D eigenvalue weighted by Gasteiger charge is -2.32. The van der Waals surface area contributed by atoms with E-state index in [1.54, 1.807) is 0 Å². The van der Waals surface area contributed by atoms with Crippen molar-refractivity contribution in [1.29, 1.82) is 0 Å². The first-order chi connectivity index (χ1) is 28.3. The van der Waals surface area contributed by atoms with Gasteiger partial charge in [0, 0.05) is 53.8 Å². The van der Waals surface area contributed by atoms with E-state index in [-0.39, 0.29) is 0 Å². The summed E-state index contributed by atoms with van der Waals surface area (Å²) in [5.41, 5.74) is 8.90. The van der Waals surface area contributed by atoms with Crippen LogP contribution in [0.3, 0.4) is 0 Å². The third kappa shape index (κ3) is 4.64. The first kappa shape index (κ1) is 32.3. The van der Waals surface area contributed by atoms with Crippen molar-refractivity contribution in [2.24, 2.45) is 0 Å². The third-order valence-electron chi connectivity index (χ3n) is 11.9. The van der Waals surface area contributed by atoms with Crippen LogP contribution in [0.2, 0.25) is 0 Å². The number of aromatic nitrogens is 3. The van der Waals surface area contributed by atoms with Crippen molar-refractivity contribution in [2.45, 2.75) is 0 Å². The number of hydrogen-bond donors (Lipinski definition) is 0. The normalized spacial score (nSPS) is 13.1. The molecule has 0 bridgehead atoms. The van der Waals surface area contributed by atoms with Crippen LogP contribution in [-0.4, -0.2) is 22.6 Å². The number of nitrogens with zero attached hydrogens (tertiary/aromatic N) is 3. The maximum Gasteiger partial charge on any atom is 0.185 e. The summed E-state index contributed by atoms with van der Waals surface area (Å²) >= 11 is 1.88. The largest absolute Gasteiger partial charge is 0.308 e. The molecule has 3 aromatic heterocycles. The van der Waals surface area contributed by atoms with Crippen LogP contribution < -0.4 is 20.7 Å². The molecule has 1 aliphatic heterocycles. The van der Waals surface area contributed by atoms with E-state index in [0.29, 0.717) is 0 Å². The molecule has 0 atom stereocenters. The van der Waals surface area contributed by atoms with Gasteiger partial charge in [-0.2, -0.15) is 0 Å². The van der Waals surface area contributed by atoms with Gasteiger partial charge in [0.25, 0.3) is 0 Å². The fourth-order valence-corrected chi connectivity index (χ4v) is 16.0. The molecule has 0 amide bonds. The summed E-state index contributed by atoms with van der Waals surface area (Å²) in [6.07, 6.45) is 0. The van der Waals surface area contributed by atoms with Gasteiger partial charge in [-0.1, -0.05) is 176 Å². The molecule has 0 N–H and O–H groups in total. The van der Waals surface area contributed by atoms with E-state index in [9.17, 15) is 0 Å². The third-order valence-corrected chi connectivity index (χ3v) is 18.0. The smallest absolute Gasteiger partial charge is 0.185 e. The minimum atomic E-state index is -2.89. The molecule has 1 aliphatic rings. The molecule has 0 unspecified atom stereocenters. The van der Waals surface area contributed by atoms with E-state index in [2.05, 4.69) is 205 Å². The van der Waals surface area contributed by atoms with Crippen LogP contribution in [0.25, 0.3) is 81.6 Å². The van der Waals surface area contributed by atoms with E-state index in [0.717, 1.165) is 34.0 Å². The molecule has 57 heavy (non-hydrogen) atoms. The number of thiophene rings is 1. The van der Waals surface area contributed by atoms with Gasteiger partial charge in [-0.05, 0) is 39.8 Å². The summed E-state index contributed by atoms with van der Waals surface area (Å²) in [7, 11) is -2.89. The Morgan fingerprint density at radius 2 is 1.04 bits per heavy atom. The zero-order valence-corrected chi connectivity index (χ0v) is 32.6. The average Bonchev–Trinajstić information content (AvgIpc) is 3.94. The van der Waals surface area contributed by atoms with Crippen molar-refractivity contribution in [1.82, 2.24) is 14.5 Å². The second-order valence-electron chi connectivity index (χ2n) is 14.8. The lowest BCUT2D eigenvalue weighted by atomic mass is 10.1. The van der Waals surface area contributed by atoms with Gasteiger partial charge in [-0.15, -0.1) is 11.3 Å². The zero-order valence-electron chi connectivity index (χ0n) is 30.8. The summed E-state index contributed by atoms with van der Waals surface area (Å²) in [6.45, 7) is 0. The van der Waals surface area contributed by atoms with Crippen LogP contribution in [0.4, 0.5) is 0 Å². The Balaban J connectivity index is 1.15. The maximum absolute atomic E-state index is 5.59. The minimum absolute atomic E-state index is 0.740. The number of rotatable bonds is 5. The van der Waals surface area contributed by atoms with E-state index < -0.39 is 8.07 Å². The van der Waals surface area contributed by atoms with Gasteiger partial charge < -0.3 is 4.57 Å². The Bertz CT molecular complexity index is 3300. The summed E-state index contributed by atoms with van der Waals surface area (Å²) in [5, 5.41) is 10.4. The van der Waals surface area contributed by atoms with Gasteiger partial charge in [0.15, 0.2) is 13.9 Å². The Morgan fingerprint density at radius 3 is 1.79 bits per heavy atom. The molecule has 12 rings (SSSR count).